The van der Waals surface area contributed by atoms with Crippen LogP contribution in [0.3, 0.4) is 0 Å². The fourth-order valence-corrected chi connectivity index (χ4v) is 4.79. The number of aromatic hydroxyl groups is 1. The van der Waals surface area contributed by atoms with Crippen molar-refractivity contribution in [3.63, 3.8) is 0 Å². The van der Waals surface area contributed by atoms with Gasteiger partial charge in [0.05, 0.1) is 26.3 Å². The molecule has 11 nitrogen and oxygen atoms in total. The van der Waals surface area contributed by atoms with E-state index < -0.39 is 5.97 Å². The lowest BCUT2D eigenvalue weighted by atomic mass is 9.90. The van der Waals surface area contributed by atoms with Crippen LogP contribution in [0.1, 0.15) is 23.2 Å². The molecule has 226 valence electrons. The number of nitrogens with one attached hydrogen (secondary N) is 2. The Hall–Kier alpha value is -4.52. The van der Waals surface area contributed by atoms with Crippen molar-refractivity contribution < 1.29 is 33.9 Å². The number of aliphatic hydroxyl groups is 1. The molecule has 0 saturated heterocycles. The van der Waals surface area contributed by atoms with E-state index >= 15 is 0 Å². The number of unbranched alkanes of at least 4 members (excludes halogenated alkanes) is 1. The third-order valence-electron chi connectivity index (χ3n) is 6.89. The first-order chi connectivity index (χ1) is 20.6. The first kappa shape index (κ1) is 31.4. The van der Waals surface area contributed by atoms with Crippen molar-refractivity contribution in [1.82, 2.24) is 5.32 Å². The average Bonchev–Trinajstić information content (AvgIpc) is 2.95. The van der Waals surface area contributed by atoms with Crippen LogP contribution in [0.15, 0.2) is 69.0 Å². The van der Waals surface area contributed by atoms with Gasteiger partial charge in [-0.3, -0.25) is 4.79 Å². The number of rotatable bonds is 13. The van der Waals surface area contributed by atoms with E-state index in [0.717, 1.165) is 13.0 Å². The summed E-state index contributed by atoms with van der Waals surface area (Å²) < 4.78 is 6.53. The number of aliphatic hydroxyl groups excluding tert-OH is 1. The first-order valence-electron chi connectivity index (χ1n) is 13.8. The van der Waals surface area contributed by atoms with Gasteiger partial charge in [-0.15, -0.1) is 0 Å². The molecule has 0 spiro atoms. The SMILES string of the molecule is C[N+](C)(CCO)CCON=CCCCNC(=S)Nc1ccc(-c2c3ccc(=O)cc-3oc3cc(O)ccc23)c(C(=O)O)c1. The molecule has 2 aromatic rings. The van der Waals surface area contributed by atoms with Crippen LogP contribution in [0.5, 0.6) is 5.75 Å². The van der Waals surface area contributed by atoms with Crippen LogP contribution in [0.2, 0.25) is 0 Å². The van der Waals surface area contributed by atoms with Gasteiger partial charge in [0, 0.05) is 47.1 Å². The number of benzene rings is 3. The second kappa shape index (κ2) is 14.1. The van der Waals surface area contributed by atoms with E-state index in [1.165, 1.54) is 30.3 Å². The van der Waals surface area contributed by atoms with Crippen molar-refractivity contribution in [3.05, 3.63) is 70.4 Å². The second-order valence-corrected chi connectivity index (χ2v) is 11.0. The molecular weight excluding hydrogens is 572 g/mol. The molecule has 2 aromatic carbocycles. The molecule has 0 fully saturated rings. The largest absolute Gasteiger partial charge is 0.508 e. The van der Waals surface area contributed by atoms with E-state index in [1.807, 2.05) is 14.1 Å². The number of nitrogens with zero attached hydrogens (tertiary/aromatic N) is 2. The van der Waals surface area contributed by atoms with Gasteiger partial charge in [0.25, 0.3) is 0 Å². The maximum absolute atomic E-state index is 12.4. The van der Waals surface area contributed by atoms with Crippen molar-refractivity contribution >= 4 is 46.2 Å². The Bertz CT molecular complexity index is 1670. The number of carboxylic acids is 1. The number of hydrogen-bond donors (Lipinski definition) is 5. The molecule has 1 aliphatic carbocycles. The molecule has 5 N–H and O–H groups in total. The van der Waals surface area contributed by atoms with Crippen LogP contribution < -0.4 is 16.1 Å². The number of fused-ring (bicyclic) bond motifs is 2. The Balaban J connectivity index is 1.41. The van der Waals surface area contributed by atoms with E-state index in [2.05, 4.69) is 15.8 Å². The molecule has 12 heteroatoms. The predicted molar refractivity (Wildman–Crippen MR) is 170 cm³/mol. The molecule has 0 amide bonds. The summed E-state index contributed by atoms with van der Waals surface area (Å²) in [6.45, 7) is 2.56. The maximum atomic E-state index is 12.4. The molecule has 0 unspecified atom stereocenters. The number of oxime groups is 1. The lowest BCUT2D eigenvalue weighted by Crippen LogP contribution is -2.44. The van der Waals surface area contributed by atoms with Gasteiger partial charge < -0.3 is 39.7 Å². The molecular formula is C31H35N4O7S+. The number of phenols is 1. The number of hydrogen-bond acceptors (Lipinski definition) is 8. The molecule has 0 radical (unpaired) electrons. The molecule has 0 bridgehead atoms. The highest BCUT2D eigenvalue weighted by molar-refractivity contribution is 7.80. The van der Waals surface area contributed by atoms with Gasteiger partial charge in [0.15, 0.2) is 17.1 Å². The van der Waals surface area contributed by atoms with Crippen LogP contribution in [-0.4, -0.2) is 84.0 Å². The molecule has 0 atom stereocenters. The summed E-state index contributed by atoms with van der Waals surface area (Å²) in [6, 6.07) is 13.8. The van der Waals surface area contributed by atoms with Crippen LogP contribution >= 0.6 is 12.2 Å². The normalized spacial score (nSPS) is 11.7. The molecule has 1 heterocycles. The summed E-state index contributed by atoms with van der Waals surface area (Å²) in [7, 11) is 4.04. The Morgan fingerprint density at radius 3 is 2.65 bits per heavy atom. The molecule has 0 aromatic heterocycles. The van der Waals surface area contributed by atoms with Crippen LogP contribution in [-0.2, 0) is 4.84 Å². The summed E-state index contributed by atoms with van der Waals surface area (Å²) in [4.78, 5) is 29.7. The van der Waals surface area contributed by atoms with Gasteiger partial charge in [0.2, 0.25) is 0 Å². The molecule has 1 aliphatic heterocycles. The van der Waals surface area contributed by atoms with Gasteiger partial charge in [-0.25, -0.2) is 4.79 Å². The van der Waals surface area contributed by atoms with Gasteiger partial charge in [-0.2, -0.15) is 0 Å². The summed E-state index contributed by atoms with van der Waals surface area (Å²) in [5.41, 5.74) is 2.13. The third-order valence-corrected chi connectivity index (χ3v) is 7.14. The second-order valence-electron chi connectivity index (χ2n) is 10.6. The Morgan fingerprint density at radius 1 is 1.09 bits per heavy atom. The summed E-state index contributed by atoms with van der Waals surface area (Å²) in [5, 5.41) is 40.2. The Morgan fingerprint density at radius 2 is 1.88 bits per heavy atom. The summed E-state index contributed by atoms with van der Waals surface area (Å²) in [5.74, 6) is -0.882. The lowest BCUT2D eigenvalue weighted by Gasteiger charge is -2.27. The van der Waals surface area contributed by atoms with E-state index in [1.54, 1.807) is 30.5 Å². The number of phenolic OH excluding ortho intramolecular Hbond substituents is 1. The topological polar surface area (TPSA) is 154 Å². The molecule has 0 saturated carbocycles. The van der Waals surface area contributed by atoms with Crippen LogP contribution in [0, 0.1) is 0 Å². The van der Waals surface area contributed by atoms with Gasteiger partial charge in [-0.1, -0.05) is 11.2 Å². The zero-order valence-electron chi connectivity index (χ0n) is 24.0. The highest BCUT2D eigenvalue weighted by atomic mass is 32.1. The van der Waals surface area contributed by atoms with Gasteiger partial charge >= 0.3 is 5.97 Å². The summed E-state index contributed by atoms with van der Waals surface area (Å²) >= 11 is 5.40. The number of thiocarbonyl (C=S) groups is 1. The van der Waals surface area contributed by atoms with Gasteiger partial charge in [0.1, 0.15) is 30.2 Å². The molecule has 4 rings (SSSR count). The minimum absolute atomic E-state index is 0.0201. The monoisotopic (exact) mass is 607 g/mol. The van der Waals surface area contributed by atoms with Gasteiger partial charge in [-0.05, 0) is 67.0 Å². The number of quaternary nitrogens is 1. The van der Waals surface area contributed by atoms with Crippen molar-refractivity contribution in [2.45, 2.75) is 12.8 Å². The number of likely N-dealkylation sites (N-methyl/N-ethyl adjacent to an activating group) is 1. The maximum Gasteiger partial charge on any atom is 0.336 e. The zero-order valence-corrected chi connectivity index (χ0v) is 24.8. The standard InChI is InChI=1S/C31H34N4O7S/c1-35(2,13-15-36)14-16-41-33-12-4-3-11-32-31(43)34-20-5-8-23(26(17-20)30(39)40)29-24-9-6-21(37)18-27(24)42-28-19-22(38)7-10-25(28)29/h5-10,12,17-19,36H,3-4,11,13-16H2,1-2H3,(H3-,32,34,37,38,39,40,43)/p+1. The average molecular weight is 608 g/mol. The zero-order chi connectivity index (χ0) is 31.0. The Kier molecular flexibility index (Phi) is 10.3. The minimum atomic E-state index is -1.14. The number of carboxylic acid groups (broad SMARTS) is 1. The highest BCUT2D eigenvalue weighted by Gasteiger charge is 2.22. The lowest BCUT2D eigenvalue weighted by molar-refractivity contribution is -0.891. The van der Waals surface area contributed by atoms with Crippen molar-refractivity contribution in [2.75, 3.05) is 52.3 Å². The van der Waals surface area contributed by atoms with E-state index in [9.17, 15) is 19.8 Å². The number of anilines is 1. The van der Waals surface area contributed by atoms with Crippen molar-refractivity contribution in [2.24, 2.45) is 5.16 Å². The fourth-order valence-electron chi connectivity index (χ4n) is 4.57. The van der Waals surface area contributed by atoms with E-state index in [0.29, 0.717) is 69.1 Å². The predicted octanol–water partition coefficient (Wildman–Crippen LogP) is 4.11. The van der Waals surface area contributed by atoms with Crippen molar-refractivity contribution in [1.29, 1.82) is 0 Å². The van der Waals surface area contributed by atoms with Crippen LogP contribution in [0.4, 0.5) is 5.69 Å². The number of aromatic carboxylic acids is 1. The third kappa shape index (κ3) is 8.28. The van der Waals surface area contributed by atoms with Crippen molar-refractivity contribution in [3.8, 4) is 28.2 Å². The summed E-state index contributed by atoms with van der Waals surface area (Å²) in [6.07, 6.45) is 3.13. The first-order valence-corrected chi connectivity index (χ1v) is 14.2. The smallest absolute Gasteiger partial charge is 0.336 e. The minimum Gasteiger partial charge on any atom is -0.508 e. The number of carbonyl (C=O) groups is 1. The highest BCUT2D eigenvalue weighted by Crippen LogP contribution is 2.42. The quantitative estimate of drug-likeness (QED) is 0.0375. The molecule has 43 heavy (non-hydrogen) atoms. The fraction of sp³-hybridized carbons (Fsp3) is 0.290. The van der Waals surface area contributed by atoms with E-state index in [4.69, 9.17) is 26.6 Å². The Labute approximate surface area is 253 Å². The van der Waals surface area contributed by atoms with E-state index in [-0.39, 0.29) is 29.1 Å². The van der Waals surface area contributed by atoms with Crippen LogP contribution in [0.25, 0.3) is 33.4 Å². The molecule has 2 aliphatic rings.